The van der Waals surface area contributed by atoms with E-state index in [0.29, 0.717) is 6.42 Å². The summed E-state index contributed by atoms with van der Waals surface area (Å²) < 4.78 is 4.73. The third-order valence-corrected chi connectivity index (χ3v) is 3.70. The number of benzene rings is 1. The molecule has 0 saturated heterocycles. The molecule has 0 aromatic heterocycles. The molecule has 1 aromatic carbocycles. The first kappa shape index (κ1) is 16.5. The summed E-state index contributed by atoms with van der Waals surface area (Å²) in [6, 6.07) is 9.98. The Morgan fingerprint density at radius 1 is 1.35 bits per heavy atom. The largest absolute Gasteiger partial charge is 0.479 e. The van der Waals surface area contributed by atoms with Crippen molar-refractivity contribution in [3.05, 3.63) is 30.3 Å². The van der Waals surface area contributed by atoms with Crippen molar-refractivity contribution in [3.8, 4) is 0 Å². The molecule has 110 valence electrons. The van der Waals surface area contributed by atoms with E-state index in [1.165, 1.54) is 12.0 Å². The maximum atomic E-state index is 11.5. The topological polar surface area (TPSA) is 75.6 Å². The second-order valence-corrected chi connectivity index (χ2v) is 5.30. The van der Waals surface area contributed by atoms with E-state index in [1.807, 2.05) is 30.3 Å². The lowest BCUT2D eigenvalue weighted by Crippen LogP contribution is -2.37. The predicted molar refractivity (Wildman–Crippen MR) is 77.8 cm³/mol. The fourth-order valence-electron chi connectivity index (χ4n) is 1.51. The number of thioether (sulfide) groups is 1. The minimum atomic E-state index is -1.08. The van der Waals surface area contributed by atoms with E-state index in [0.717, 1.165) is 12.2 Å². The molecule has 1 aromatic rings. The molecule has 0 aliphatic carbocycles. The zero-order valence-corrected chi connectivity index (χ0v) is 12.2. The van der Waals surface area contributed by atoms with Crippen LogP contribution in [-0.2, 0) is 14.3 Å². The number of amides is 1. The SMILES string of the molecule is COC(CNC(=O)CCCSc1ccccc1)C(=O)O. The van der Waals surface area contributed by atoms with Gasteiger partial charge in [-0.25, -0.2) is 4.79 Å². The van der Waals surface area contributed by atoms with E-state index in [1.54, 1.807) is 11.8 Å². The Morgan fingerprint density at radius 3 is 2.65 bits per heavy atom. The lowest BCUT2D eigenvalue weighted by molar-refractivity contribution is -0.148. The number of rotatable bonds is 9. The Bertz CT molecular complexity index is 424. The number of carbonyl (C=O) groups is 2. The number of ether oxygens (including phenoxy) is 1. The molecule has 0 aliphatic rings. The van der Waals surface area contributed by atoms with Crippen LogP contribution >= 0.6 is 11.8 Å². The third-order valence-electron chi connectivity index (χ3n) is 2.60. The van der Waals surface area contributed by atoms with Crippen molar-refractivity contribution in [1.82, 2.24) is 5.32 Å². The van der Waals surface area contributed by atoms with Gasteiger partial charge in [0.2, 0.25) is 5.91 Å². The van der Waals surface area contributed by atoms with E-state index in [2.05, 4.69) is 5.32 Å². The van der Waals surface area contributed by atoms with Gasteiger partial charge in [-0.15, -0.1) is 11.8 Å². The average Bonchev–Trinajstić information content (AvgIpc) is 2.45. The van der Waals surface area contributed by atoms with Crippen LogP contribution in [0.5, 0.6) is 0 Å². The van der Waals surface area contributed by atoms with E-state index in [9.17, 15) is 9.59 Å². The van der Waals surface area contributed by atoms with Crippen molar-refractivity contribution in [3.63, 3.8) is 0 Å². The second kappa shape index (κ2) is 9.39. The molecule has 0 aliphatic heterocycles. The number of methoxy groups -OCH3 is 1. The molecule has 1 unspecified atom stereocenters. The summed E-state index contributed by atoms with van der Waals surface area (Å²) in [4.78, 5) is 23.4. The van der Waals surface area contributed by atoms with E-state index in [-0.39, 0.29) is 12.5 Å². The Labute approximate surface area is 122 Å². The Morgan fingerprint density at radius 2 is 2.05 bits per heavy atom. The quantitative estimate of drug-likeness (QED) is 0.537. The van der Waals surface area contributed by atoms with Crippen LogP contribution in [-0.4, -0.2) is 42.5 Å². The van der Waals surface area contributed by atoms with Crippen LogP contribution in [0.3, 0.4) is 0 Å². The highest BCUT2D eigenvalue weighted by Gasteiger charge is 2.16. The number of nitrogens with one attached hydrogen (secondary N) is 1. The number of carboxylic acids is 1. The zero-order chi connectivity index (χ0) is 14.8. The van der Waals surface area contributed by atoms with Crippen molar-refractivity contribution < 1.29 is 19.4 Å². The molecule has 0 radical (unpaired) electrons. The van der Waals surface area contributed by atoms with Crippen molar-refractivity contribution in [2.24, 2.45) is 0 Å². The monoisotopic (exact) mass is 297 g/mol. The Hall–Kier alpha value is -1.53. The van der Waals surface area contributed by atoms with Crippen LogP contribution in [0.15, 0.2) is 35.2 Å². The zero-order valence-electron chi connectivity index (χ0n) is 11.4. The molecule has 1 amide bonds. The van der Waals surface area contributed by atoms with Gasteiger partial charge >= 0.3 is 5.97 Å². The molecule has 1 rings (SSSR count). The van der Waals surface area contributed by atoms with Crippen LogP contribution in [0.1, 0.15) is 12.8 Å². The maximum absolute atomic E-state index is 11.5. The first-order valence-electron chi connectivity index (χ1n) is 6.33. The van der Waals surface area contributed by atoms with Crippen molar-refractivity contribution in [1.29, 1.82) is 0 Å². The van der Waals surface area contributed by atoms with Gasteiger partial charge in [0.05, 0.1) is 6.54 Å². The lowest BCUT2D eigenvalue weighted by Gasteiger charge is -2.11. The summed E-state index contributed by atoms with van der Waals surface area (Å²) in [7, 11) is 1.31. The van der Waals surface area contributed by atoms with Gasteiger partial charge < -0.3 is 15.2 Å². The summed E-state index contributed by atoms with van der Waals surface area (Å²) in [5.74, 6) is -0.376. The van der Waals surface area contributed by atoms with Gasteiger partial charge in [0.1, 0.15) is 0 Å². The molecule has 1 atom stereocenters. The number of carboxylic acid groups (broad SMARTS) is 1. The molecule has 0 bridgehead atoms. The molecule has 20 heavy (non-hydrogen) atoms. The van der Waals surface area contributed by atoms with Crippen molar-refractivity contribution >= 4 is 23.6 Å². The molecule has 0 spiro atoms. The second-order valence-electron chi connectivity index (χ2n) is 4.13. The molecule has 5 nitrogen and oxygen atoms in total. The predicted octanol–water partition coefficient (Wildman–Crippen LogP) is 1.77. The first-order valence-corrected chi connectivity index (χ1v) is 7.32. The Kier molecular flexibility index (Phi) is 7.75. The standard InChI is InChI=1S/C14H19NO4S/c1-19-12(14(17)18)10-15-13(16)8-5-9-20-11-6-3-2-4-7-11/h2-4,6-7,12H,5,8-10H2,1H3,(H,15,16)(H,17,18). The molecule has 0 heterocycles. The van der Waals surface area contributed by atoms with E-state index in [4.69, 9.17) is 9.84 Å². The smallest absolute Gasteiger partial charge is 0.334 e. The van der Waals surface area contributed by atoms with E-state index >= 15 is 0 Å². The van der Waals surface area contributed by atoms with Gasteiger partial charge in [0.25, 0.3) is 0 Å². The van der Waals surface area contributed by atoms with Crippen LogP contribution in [0.2, 0.25) is 0 Å². The normalized spacial score (nSPS) is 11.8. The molecular formula is C14H19NO4S. The van der Waals surface area contributed by atoms with Crippen molar-refractivity contribution in [2.45, 2.75) is 23.8 Å². The molecule has 2 N–H and O–H groups in total. The number of carbonyl (C=O) groups excluding carboxylic acids is 1. The highest BCUT2D eigenvalue weighted by molar-refractivity contribution is 7.99. The van der Waals surface area contributed by atoms with Crippen LogP contribution in [0.4, 0.5) is 0 Å². The summed E-state index contributed by atoms with van der Waals surface area (Å²) in [5, 5.41) is 11.3. The minimum Gasteiger partial charge on any atom is -0.479 e. The van der Waals surface area contributed by atoms with E-state index < -0.39 is 12.1 Å². The first-order chi connectivity index (χ1) is 9.63. The van der Waals surface area contributed by atoms with Gasteiger partial charge in [0, 0.05) is 18.4 Å². The number of hydrogen-bond donors (Lipinski definition) is 2. The van der Waals surface area contributed by atoms with Crippen molar-refractivity contribution in [2.75, 3.05) is 19.4 Å². The molecule has 0 saturated carbocycles. The maximum Gasteiger partial charge on any atom is 0.334 e. The number of aliphatic carboxylic acids is 1. The summed E-state index contributed by atoms with van der Waals surface area (Å²) in [6.45, 7) is -0.00348. The summed E-state index contributed by atoms with van der Waals surface area (Å²) in [6.07, 6.45) is 0.143. The molecular weight excluding hydrogens is 278 g/mol. The van der Waals surface area contributed by atoms with Gasteiger partial charge in [-0.1, -0.05) is 18.2 Å². The highest BCUT2D eigenvalue weighted by Crippen LogP contribution is 2.18. The van der Waals surface area contributed by atoms with Gasteiger partial charge in [-0.3, -0.25) is 4.79 Å². The van der Waals surface area contributed by atoms with Crippen LogP contribution in [0, 0.1) is 0 Å². The fraction of sp³-hybridized carbons (Fsp3) is 0.429. The van der Waals surface area contributed by atoms with Gasteiger partial charge in [-0.2, -0.15) is 0 Å². The molecule has 0 fully saturated rings. The highest BCUT2D eigenvalue weighted by atomic mass is 32.2. The fourth-order valence-corrected chi connectivity index (χ4v) is 2.38. The summed E-state index contributed by atoms with van der Waals surface area (Å²) >= 11 is 1.70. The summed E-state index contributed by atoms with van der Waals surface area (Å²) in [5.41, 5.74) is 0. The van der Waals surface area contributed by atoms with Gasteiger partial charge in [-0.05, 0) is 24.3 Å². The Balaban J connectivity index is 2.13. The van der Waals surface area contributed by atoms with Crippen LogP contribution in [0.25, 0.3) is 0 Å². The number of hydrogen-bond acceptors (Lipinski definition) is 4. The van der Waals surface area contributed by atoms with Gasteiger partial charge in [0.15, 0.2) is 6.10 Å². The average molecular weight is 297 g/mol. The third kappa shape index (κ3) is 6.58. The minimum absolute atomic E-state index is 0.00348. The molecule has 6 heteroatoms. The lowest BCUT2D eigenvalue weighted by atomic mass is 10.3. The van der Waals surface area contributed by atoms with Crippen LogP contribution < -0.4 is 5.32 Å².